The molecule has 1 heterocycles. The van der Waals surface area contributed by atoms with Crippen LogP contribution >= 0.6 is 23.2 Å². The van der Waals surface area contributed by atoms with Gasteiger partial charge < -0.3 is 14.6 Å². The number of aromatic nitrogens is 1. The van der Waals surface area contributed by atoms with Gasteiger partial charge in [-0.1, -0.05) is 41.4 Å². The number of halogens is 2. The van der Waals surface area contributed by atoms with Crippen molar-refractivity contribution in [3.8, 4) is 5.75 Å². The molecule has 4 nitrogen and oxygen atoms in total. The van der Waals surface area contributed by atoms with Gasteiger partial charge in [0.15, 0.2) is 6.61 Å². The quantitative estimate of drug-likeness (QED) is 0.586. The molecule has 0 aliphatic carbocycles. The molecule has 0 fully saturated rings. The molecule has 0 unspecified atom stereocenters. The van der Waals surface area contributed by atoms with Crippen molar-refractivity contribution < 1.29 is 9.53 Å². The number of benzene rings is 2. The third-order valence-electron chi connectivity index (χ3n) is 4.15. The lowest BCUT2D eigenvalue weighted by Gasteiger charge is -2.10. The summed E-state index contributed by atoms with van der Waals surface area (Å²) in [6, 6.07) is 15.4. The van der Waals surface area contributed by atoms with Gasteiger partial charge in [-0.3, -0.25) is 4.79 Å². The predicted octanol–water partition coefficient (Wildman–Crippen LogP) is 4.84. The van der Waals surface area contributed by atoms with E-state index in [0.717, 1.165) is 13.0 Å². The first-order chi connectivity index (χ1) is 12.5. The summed E-state index contributed by atoms with van der Waals surface area (Å²) in [6.45, 7) is 3.46. The van der Waals surface area contributed by atoms with E-state index < -0.39 is 0 Å². The first-order valence-electron chi connectivity index (χ1n) is 8.44. The summed E-state index contributed by atoms with van der Waals surface area (Å²) < 4.78 is 7.69. The second-order valence-corrected chi connectivity index (χ2v) is 6.91. The standard InChI is InChI=1S/C20H20Cl2N2O2/c1-14-11-15-5-2-3-6-18(15)24(14)10-4-9-23-20(25)13-26-19-8-7-16(21)12-17(19)22/h2-3,5-8,11-12H,4,9-10,13H2,1H3,(H,23,25). The highest BCUT2D eigenvalue weighted by molar-refractivity contribution is 6.35. The van der Waals surface area contributed by atoms with Gasteiger partial charge in [0.25, 0.3) is 5.91 Å². The highest BCUT2D eigenvalue weighted by Gasteiger charge is 2.07. The number of nitrogens with zero attached hydrogens (tertiary/aromatic N) is 1. The zero-order valence-electron chi connectivity index (χ0n) is 14.5. The average Bonchev–Trinajstić information content (AvgIpc) is 2.93. The minimum atomic E-state index is -0.176. The normalized spacial score (nSPS) is 10.9. The van der Waals surface area contributed by atoms with E-state index in [-0.39, 0.29) is 12.5 Å². The molecule has 0 saturated heterocycles. The van der Waals surface area contributed by atoms with Crippen molar-refractivity contribution in [2.24, 2.45) is 0 Å². The van der Waals surface area contributed by atoms with E-state index >= 15 is 0 Å². The predicted molar refractivity (Wildman–Crippen MR) is 106 cm³/mol. The Bertz CT molecular complexity index is 921. The molecule has 0 aliphatic heterocycles. The summed E-state index contributed by atoms with van der Waals surface area (Å²) in [5.41, 5.74) is 2.44. The molecule has 1 N–H and O–H groups in total. The molecule has 0 spiro atoms. The summed E-state index contributed by atoms with van der Waals surface area (Å²) >= 11 is 11.8. The molecule has 136 valence electrons. The van der Waals surface area contributed by atoms with Gasteiger partial charge in [0.2, 0.25) is 0 Å². The number of ether oxygens (including phenoxy) is 1. The fourth-order valence-electron chi connectivity index (χ4n) is 2.90. The van der Waals surface area contributed by atoms with Crippen LogP contribution in [-0.2, 0) is 11.3 Å². The Kier molecular flexibility index (Phi) is 6.07. The number of carbonyl (C=O) groups excluding carboxylic acids is 1. The number of nitrogens with one attached hydrogen (secondary N) is 1. The number of fused-ring (bicyclic) bond motifs is 1. The van der Waals surface area contributed by atoms with E-state index in [1.165, 1.54) is 16.6 Å². The molecule has 1 aromatic heterocycles. The number of rotatable bonds is 7. The van der Waals surface area contributed by atoms with Gasteiger partial charge in [0, 0.05) is 29.3 Å². The van der Waals surface area contributed by atoms with Gasteiger partial charge in [-0.05, 0) is 49.1 Å². The van der Waals surface area contributed by atoms with Crippen LogP contribution in [-0.4, -0.2) is 23.6 Å². The summed E-state index contributed by atoms with van der Waals surface area (Å²) in [5, 5.41) is 5.02. The van der Waals surface area contributed by atoms with Crippen LogP contribution in [0, 0.1) is 6.92 Å². The molecular formula is C20H20Cl2N2O2. The zero-order chi connectivity index (χ0) is 18.5. The van der Waals surface area contributed by atoms with Crippen molar-refractivity contribution >= 4 is 40.0 Å². The number of hydrogen-bond acceptors (Lipinski definition) is 2. The van der Waals surface area contributed by atoms with Gasteiger partial charge in [-0.2, -0.15) is 0 Å². The molecule has 1 amide bonds. The molecule has 3 rings (SSSR count). The van der Waals surface area contributed by atoms with Crippen LogP contribution in [0.3, 0.4) is 0 Å². The first kappa shape index (κ1) is 18.6. The van der Waals surface area contributed by atoms with Crippen LogP contribution in [0.25, 0.3) is 10.9 Å². The average molecular weight is 391 g/mol. The maximum Gasteiger partial charge on any atom is 0.257 e. The smallest absolute Gasteiger partial charge is 0.257 e. The van der Waals surface area contributed by atoms with E-state index in [0.29, 0.717) is 22.3 Å². The maximum atomic E-state index is 11.9. The SMILES string of the molecule is Cc1cc2ccccc2n1CCCNC(=O)COc1ccc(Cl)cc1Cl. The fourth-order valence-corrected chi connectivity index (χ4v) is 3.36. The molecular weight excluding hydrogens is 371 g/mol. The Balaban J connectivity index is 1.44. The van der Waals surface area contributed by atoms with Crippen molar-refractivity contribution in [3.05, 3.63) is 64.3 Å². The van der Waals surface area contributed by atoms with Crippen molar-refractivity contribution in [1.29, 1.82) is 0 Å². The van der Waals surface area contributed by atoms with Crippen LogP contribution in [0.4, 0.5) is 0 Å². The van der Waals surface area contributed by atoms with Crippen LogP contribution in [0.2, 0.25) is 10.0 Å². The van der Waals surface area contributed by atoms with Crippen LogP contribution in [0.5, 0.6) is 5.75 Å². The van der Waals surface area contributed by atoms with Crippen molar-refractivity contribution in [2.75, 3.05) is 13.2 Å². The van der Waals surface area contributed by atoms with E-state index in [1.54, 1.807) is 18.2 Å². The molecule has 0 saturated carbocycles. The Hall–Kier alpha value is -2.17. The third-order valence-corrected chi connectivity index (χ3v) is 4.68. The molecule has 0 radical (unpaired) electrons. The van der Waals surface area contributed by atoms with Gasteiger partial charge >= 0.3 is 0 Å². The van der Waals surface area contributed by atoms with Gasteiger partial charge in [0.1, 0.15) is 5.75 Å². The lowest BCUT2D eigenvalue weighted by molar-refractivity contribution is -0.123. The van der Waals surface area contributed by atoms with Crippen molar-refractivity contribution in [2.45, 2.75) is 19.9 Å². The monoisotopic (exact) mass is 390 g/mol. The Morgan fingerprint density at radius 2 is 1.96 bits per heavy atom. The zero-order valence-corrected chi connectivity index (χ0v) is 16.0. The molecule has 0 atom stereocenters. The largest absolute Gasteiger partial charge is 0.482 e. The second-order valence-electron chi connectivity index (χ2n) is 6.06. The third kappa shape index (κ3) is 4.51. The summed E-state index contributed by atoms with van der Waals surface area (Å²) in [4.78, 5) is 11.9. The summed E-state index contributed by atoms with van der Waals surface area (Å²) in [7, 11) is 0. The first-order valence-corrected chi connectivity index (χ1v) is 9.19. The number of hydrogen-bond donors (Lipinski definition) is 1. The van der Waals surface area contributed by atoms with Crippen LogP contribution in [0.15, 0.2) is 48.5 Å². The van der Waals surface area contributed by atoms with E-state index in [4.69, 9.17) is 27.9 Å². The molecule has 6 heteroatoms. The summed E-state index contributed by atoms with van der Waals surface area (Å²) in [5.74, 6) is 0.269. The van der Waals surface area contributed by atoms with Crippen LogP contribution in [0.1, 0.15) is 12.1 Å². The number of aryl methyl sites for hydroxylation is 2. The topological polar surface area (TPSA) is 43.3 Å². The molecule has 2 aromatic carbocycles. The Morgan fingerprint density at radius 1 is 1.15 bits per heavy atom. The molecule has 3 aromatic rings. The fraction of sp³-hybridized carbons (Fsp3) is 0.250. The van der Waals surface area contributed by atoms with Crippen molar-refractivity contribution in [3.63, 3.8) is 0 Å². The van der Waals surface area contributed by atoms with Crippen molar-refractivity contribution in [1.82, 2.24) is 9.88 Å². The van der Waals surface area contributed by atoms with Gasteiger partial charge in [-0.15, -0.1) is 0 Å². The highest BCUT2D eigenvalue weighted by atomic mass is 35.5. The summed E-state index contributed by atoms with van der Waals surface area (Å²) in [6.07, 6.45) is 0.840. The highest BCUT2D eigenvalue weighted by Crippen LogP contribution is 2.27. The number of carbonyl (C=O) groups is 1. The Labute approximate surface area is 162 Å². The second kappa shape index (κ2) is 8.47. The number of amides is 1. The van der Waals surface area contributed by atoms with E-state index in [2.05, 4.69) is 35.0 Å². The van der Waals surface area contributed by atoms with Gasteiger partial charge in [-0.25, -0.2) is 0 Å². The minimum absolute atomic E-state index is 0.0766. The van der Waals surface area contributed by atoms with Gasteiger partial charge in [0.05, 0.1) is 5.02 Å². The molecule has 26 heavy (non-hydrogen) atoms. The van der Waals surface area contributed by atoms with E-state index in [9.17, 15) is 4.79 Å². The molecule has 0 bridgehead atoms. The van der Waals surface area contributed by atoms with Crippen LogP contribution < -0.4 is 10.1 Å². The minimum Gasteiger partial charge on any atom is -0.482 e. The lowest BCUT2D eigenvalue weighted by atomic mass is 10.2. The Morgan fingerprint density at radius 3 is 2.77 bits per heavy atom. The van der Waals surface area contributed by atoms with E-state index in [1.807, 2.05) is 12.1 Å². The maximum absolute atomic E-state index is 11.9. The number of para-hydroxylation sites is 1. The lowest BCUT2D eigenvalue weighted by Crippen LogP contribution is -2.30. The molecule has 0 aliphatic rings.